The predicted octanol–water partition coefficient (Wildman–Crippen LogP) is 9.83. The summed E-state index contributed by atoms with van der Waals surface area (Å²) in [5.74, 6) is 0.369. The van der Waals surface area contributed by atoms with Crippen LogP contribution in [0.1, 0.15) is 59.3 Å². The minimum Gasteiger partial charge on any atom is -0.462 e. The molecule has 0 saturated heterocycles. The van der Waals surface area contributed by atoms with Gasteiger partial charge in [0.15, 0.2) is 5.82 Å². The van der Waals surface area contributed by atoms with E-state index in [1.807, 2.05) is 60.1 Å². The van der Waals surface area contributed by atoms with Crippen molar-refractivity contribution >= 4 is 11.7 Å². The molecular weight excluding hydrogens is 655 g/mol. The van der Waals surface area contributed by atoms with E-state index in [0.29, 0.717) is 18.0 Å². The summed E-state index contributed by atoms with van der Waals surface area (Å²) in [6, 6.07) is 56.2. The molecule has 7 rings (SSSR count). The van der Waals surface area contributed by atoms with E-state index < -0.39 is 5.54 Å². The molecule has 0 spiro atoms. The van der Waals surface area contributed by atoms with Crippen LogP contribution in [0.25, 0.3) is 22.5 Å². The molecule has 0 radical (unpaired) electrons. The molecule has 1 heterocycles. The SMILES string of the molecule is CCCCN(Cc1ccc(-c2ccccc2-c2nnnn2C(c2ccccc2)(c2ccccc2)c2ccccc2)cc1)c1ccc(C(=O)OCC)cc1. The van der Waals surface area contributed by atoms with E-state index in [2.05, 4.69) is 132 Å². The van der Waals surface area contributed by atoms with E-state index in [-0.39, 0.29) is 5.97 Å². The highest BCUT2D eigenvalue weighted by Crippen LogP contribution is 2.43. The molecule has 0 bridgehead atoms. The van der Waals surface area contributed by atoms with Gasteiger partial charge in [-0.3, -0.25) is 0 Å². The van der Waals surface area contributed by atoms with Gasteiger partial charge in [-0.1, -0.05) is 153 Å². The lowest BCUT2D eigenvalue weighted by Gasteiger charge is -2.36. The lowest BCUT2D eigenvalue weighted by Crippen LogP contribution is -2.39. The highest BCUT2D eigenvalue weighted by atomic mass is 16.5. The van der Waals surface area contributed by atoms with Gasteiger partial charge in [-0.05, 0) is 81.4 Å². The first-order chi connectivity index (χ1) is 26.1. The fraction of sp³-hybridized carbons (Fsp3) is 0.174. The number of nitrogens with zero attached hydrogens (tertiary/aromatic N) is 5. The van der Waals surface area contributed by atoms with Gasteiger partial charge in [0.1, 0.15) is 5.54 Å². The van der Waals surface area contributed by atoms with Crippen molar-refractivity contribution in [3.8, 4) is 22.5 Å². The fourth-order valence-corrected chi connectivity index (χ4v) is 7.10. The standard InChI is InChI=1S/C46H43N5O2/c1-3-5-33-50(41-31-29-37(30-32-41)45(52)53-4-2)34-35-25-27-36(28-26-35)42-23-15-16-24-43(42)44-47-48-49-51(44)46(38-17-9-6-10-18-38,39-19-11-7-12-20-39)40-21-13-8-14-22-40/h6-32H,3-5,33-34H2,1-2H3. The van der Waals surface area contributed by atoms with Gasteiger partial charge in [0.2, 0.25) is 0 Å². The molecule has 0 amide bonds. The second-order valence-electron chi connectivity index (χ2n) is 13.0. The zero-order valence-electron chi connectivity index (χ0n) is 30.2. The molecule has 0 N–H and O–H groups in total. The molecule has 0 aliphatic carbocycles. The summed E-state index contributed by atoms with van der Waals surface area (Å²) in [4.78, 5) is 14.6. The van der Waals surface area contributed by atoms with E-state index in [9.17, 15) is 4.79 Å². The first kappa shape index (κ1) is 35.1. The quantitative estimate of drug-likeness (QED) is 0.0832. The van der Waals surface area contributed by atoms with E-state index in [4.69, 9.17) is 15.0 Å². The minimum atomic E-state index is -0.851. The Kier molecular flexibility index (Phi) is 10.8. The maximum Gasteiger partial charge on any atom is 0.338 e. The minimum absolute atomic E-state index is 0.296. The zero-order valence-corrected chi connectivity index (χ0v) is 30.2. The second kappa shape index (κ2) is 16.3. The van der Waals surface area contributed by atoms with Crippen LogP contribution in [0.15, 0.2) is 164 Å². The molecule has 53 heavy (non-hydrogen) atoms. The number of ether oxygens (including phenoxy) is 1. The van der Waals surface area contributed by atoms with Crippen molar-refractivity contribution in [2.24, 2.45) is 0 Å². The summed E-state index contributed by atoms with van der Waals surface area (Å²) >= 11 is 0. The highest BCUT2D eigenvalue weighted by molar-refractivity contribution is 5.89. The molecule has 7 nitrogen and oxygen atoms in total. The third kappa shape index (κ3) is 7.24. The molecule has 0 aliphatic rings. The number of carbonyl (C=O) groups excluding carboxylic acids is 1. The number of tetrazole rings is 1. The highest BCUT2D eigenvalue weighted by Gasteiger charge is 2.42. The van der Waals surface area contributed by atoms with Crippen LogP contribution in [0.5, 0.6) is 0 Å². The summed E-state index contributed by atoms with van der Waals surface area (Å²) < 4.78 is 7.17. The zero-order chi connectivity index (χ0) is 36.5. The Bertz CT molecular complexity index is 2120. The largest absolute Gasteiger partial charge is 0.462 e. The Morgan fingerprint density at radius 3 is 1.75 bits per heavy atom. The van der Waals surface area contributed by atoms with Crippen molar-refractivity contribution in [1.82, 2.24) is 20.2 Å². The lowest BCUT2D eigenvalue weighted by molar-refractivity contribution is 0.0526. The Hall–Kier alpha value is -6.34. The first-order valence-corrected chi connectivity index (χ1v) is 18.3. The molecule has 0 unspecified atom stereocenters. The normalized spacial score (nSPS) is 11.3. The van der Waals surface area contributed by atoms with Gasteiger partial charge in [0, 0.05) is 24.3 Å². The third-order valence-corrected chi connectivity index (χ3v) is 9.69. The average Bonchev–Trinajstić information content (AvgIpc) is 3.71. The topological polar surface area (TPSA) is 73.1 Å². The Balaban J connectivity index is 1.26. The monoisotopic (exact) mass is 697 g/mol. The molecule has 7 heteroatoms. The molecule has 0 saturated carbocycles. The van der Waals surface area contributed by atoms with Crippen molar-refractivity contribution in [2.45, 2.75) is 38.8 Å². The number of anilines is 1. The number of benzene rings is 6. The van der Waals surface area contributed by atoms with E-state index in [0.717, 1.165) is 65.0 Å². The van der Waals surface area contributed by atoms with Crippen molar-refractivity contribution in [3.05, 3.63) is 192 Å². The van der Waals surface area contributed by atoms with Gasteiger partial charge in [0.25, 0.3) is 0 Å². The van der Waals surface area contributed by atoms with Crippen LogP contribution in [0.3, 0.4) is 0 Å². The average molecular weight is 698 g/mol. The van der Waals surface area contributed by atoms with Crippen LogP contribution in [-0.2, 0) is 16.8 Å². The molecule has 264 valence electrons. The van der Waals surface area contributed by atoms with Crippen LogP contribution in [0.4, 0.5) is 5.69 Å². The predicted molar refractivity (Wildman–Crippen MR) is 212 cm³/mol. The summed E-state index contributed by atoms with van der Waals surface area (Å²) in [6.07, 6.45) is 2.16. The van der Waals surface area contributed by atoms with Crippen LogP contribution in [-0.4, -0.2) is 39.3 Å². The maximum atomic E-state index is 12.3. The maximum absolute atomic E-state index is 12.3. The van der Waals surface area contributed by atoms with Gasteiger partial charge in [-0.2, -0.15) is 0 Å². The Labute approximate surface area is 311 Å². The van der Waals surface area contributed by atoms with Gasteiger partial charge in [-0.25, -0.2) is 9.48 Å². The van der Waals surface area contributed by atoms with Crippen LogP contribution in [0, 0.1) is 0 Å². The van der Waals surface area contributed by atoms with Gasteiger partial charge in [0.05, 0.1) is 12.2 Å². The first-order valence-electron chi connectivity index (χ1n) is 18.3. The van der Waals surface area contributed by atoms with Crippen LogP contribution >= 0.6 is 0 Å². The smallest absolute Gasteiger partial charge is 0.338 e. The van der Waals surface area contributed by atoms with Gasteiger partial charge >= 0.3 is 5.97 Å². The van der Waals surface area contributed by atoms with Gasteiger partial charge in [-0.15, -0.1) is 5.10 Å². The van der Waals surface area contributed by atoms with Crippen LogP contribution in [0.2, 0.25) is 0 Å². The number of hydrogen-bond acceptors (Lipinski definition) is 6. The lowest BCUT2D eigenvalue weighted by atomic mass is 9.77. The van der Waals surface area contributed by atoms with Gasteiger partial charge < -0.3 is 9.64 Å². The molecule has 6 aromatic carbocycles. The van der Waals surface area contributed by atoms with Crippen molar-refractivity contribution in [2.75, 3.05) is 18.1 Å². The molecule has 7 aromatic rings. The van der Waals surface area contributed by atoms with Crippen molar-refractivity contribution in [1.29, 1.82) is 0 Å². The fourth-order valence-electron chi connectivity index (χ4n) is 7.10. The Morgan fingerprint density at radius 2 is 1.21 bits per heavy atom. The van der Waals surface area contributed by atoms with E-state index >= 15 is 0 Å². The third-order valence-electron chi connectivity index (χ3n) is 9.69. The number of carbonyl (C=O) groups is 1. The van der Waals surface area contributed by atoms with E-state index in [1.54, 1.807) is 0 Å². The molecular formula is C46H43N5O2. The van der Waals surface area contributed by atoms with Crippen molar-refractivity contribution < 1.29 is 9.53 Å². The molecule has 0 aliphatic heterocycles. The summed E-state index contributed by atoms with van der Waals surface area (Å²) in [5, 5.41) is 13.8. The number of esters is 1. The summed E-state index contributed by atoms with van der Waals surface area (Å²) in [7, 11) is 0. The van der Waals surface area contributed by atoms with E-state index in [1.165, 1.54) is 5.56 Å². The second-order valence-corrected chi connectivity index (χ2v) is 13.0. The molecule has 0 atom stereocenters. The van der Waals surface area contributed by atoms with Crippen LogP contribution < -0.4 is 4.90 Å². The summed E-state index contributed by atoms with van der Waals surface area (Å²) in [6.45, 7) is 6.03. The molecule has 1 aromatic heterocycles. The Morgan fingerprint density at radius 1 is 0.660 bits per heavy atom. The number of rotatable bonds is 14. The number of unbranched alkanes of at least 4 members (excludes halogenated alkanes) is 1. The molecule has 0 fully saturated rings. The van der Waals surface area contributed by atoms with Crippen molar-refractivity contribution in [3.63, 3.8) is 0 Å². The number of hydrogen-bond donors (Lipinski definition) is 0. The number of aromatic nitrogens is 4. The summed E-state index contributed by atoms with van der Waals surface area (Å²) in [5.41, 5.74) is 8.18.